The van der Waals surface area contributed by atoms with Crippen molar-refractivity contribution in [3.8, 4) is 0 Å². The van der Waals surface area contributed by atoms with Crippen LogP contribution in [0.2, 0.25) is 0 Å². The molecule has 1 heterocycles. The summed E-state index contributed by atoms with van der Waals surface area (Å²) in [5.41, 5.74) is 0. The summed E-state index contributed by atoms with van der Waals surface area (Å²) in [6.45, 7) is 3.85. The second-order valence-electron chi connectivity index (χ2n) is 4.96. The van der Waals surface area contributed by atoms with Gasteiger partial charge in [-0.05, 0) is 18.8 Å². The van der Waals surface area contributed by atoms with Crippen molar-refractivity contribution in [1.82, 2.24) is 0 Å². The van der Waals surface area contributed by atoms with Crippen LogP contribution in [-0.2, 0) is 4.74 Å². The molecule has 0 aromatic carbocycles. The number of aliphatic hydroxyl groups excluding tert-OH is 4. The Balaban J connectivity index is 2.53. The van der Waals surface area contributed by atoms with Gasteiger partial charge in [0.2, 0.25) is 0 Å². The molecule has 0 aliphatic carbocycles. The van der Waals surface area contributed by atoms with Crippen molar-refractivity contribution < 1.29 is 25.2 Å². The topological polar surface area (TPSA) is 90.2 Å². The summed E-state index contributed by atoms with van der Waals surface area (Å²) in [6.07, 6.45) is -2.32. The minimum Gasteiger partial charge on any atom is -0.394 e. The van der Waals surface area contributed by atoms with Gasteiger partial charge in [0, 0.05) is 0 Å². The highest BCUT2D eigenvalue weighted by Crippen LogP contribution is 2.25. The van der Waals surface area contributed by atoms with Crippen LogP contribution >= 0.6 is 0 Å². The molecule has 102 valence electrons. The Bertz CT molecular complexity index is 221. The van der Waals surface area contributed by atoms with Crippen molar-refractivity contribution in [2.45, 2.75) is 63.6 Å². The fraction of sp³-hybridized carbons (Fsp3) is 1.00. The number of hydrogen-bond acceptors (Lipinski definition) is 5. The predicted octanol–water partition coefficient (Wildman–Crippen LogP) is -0.345. The van der Waals surface area contributed by atoms with Crippen LogP contribution in [0.5, 0.6) is 0 Å². The maximum absolute atomic E-state index is 9.79. The molecule has 0 radical (unpaired) electrons. The van der Waals surface area contributed by atoms with E-state index in [1.807, 2.05) is 0 Å². The van der Waals surface area contributed by atoms with E-state index in [4.69, 9.17) is 9.84 Å². The van der Waals surface area contributed by atoms with E-state index in [1.54, 1.807) is 0 Å². The maximum atomic E-state index is 9.79. The Kier molecular flexibility index (Phi) is 5.82. The Morgan fingerprint density at radius 2 is 1.65 bits per heavy atom. The minimum absolute atomic E-state index is 0.356. The second kappa shape index (κ2) is 6.66. The molecule has 1 aliphatic rings. The lowest BCUT2D eigenvalue weighted by Gasteiger charge is -2.40. The first-order valence-corrected chi connectivity index (χ1v) is 6.31. The van der Waals surface area contributed by atoms with Crippen molar-refractivity contribution in [3.05, 3.63) is 0 Å². The van der Waals surface area contributed by atoms with Crippen molar-refractivity contribution in [2.24, 2.45) is 5.92 Å². The lowest BCUT2D eigenvalue weighted by molar-refractivity contribution is -0.230. The molecule has 0 spiro atoms. The maximum Gasteiger partial charge on any atom is 0.111 e. The summed E-state index contributed by atoms with van der Waals surface area (Å²) in [7, 11) is 0. The monoisotopic (exact) mass is 248 g/mol. The van der Waals surface area contributed by atoms with E-state index in [0.29, 0.717) is 12.3 Å². The predicted molar refractivity (Wildman–Crippen MR) is 62.5 cm³/mol. The molecule has 1 fully saturated rings. The molecule has 5 heteroatoms. The van der Waals surface area contributed by atoms with E-state index in [-0.39, 0.29) is 6.61 Å². The average molecular weight is 248 g/mol. The second-order valence-corrected chi connectivity index (χ2v) is 4.96. The smallest absolute Gasteiger partial charge is 0.111 e. The Morgan fingerprint density at radius 1 is 1.06 bits per heavy atom. The lowest BCUT2D eigenvalue weighted by Crippen LogP contribution is -2.58. The fourth-order valence-corrected chi connectivity index (χ4v) is 2.07. The van der Waals surface area contributed by atoms with Crippen LogP contribution < -0.4 is 0 Å². The average Bonchev–Trinajstić information content (AvgIpc) is 2.34. The van der Waals surface area contributed by atoms with Crippen LogP contribution in [0.4, 0.5) is 0 Å². The standard InChI is InChI=1S/C12H24O5/c1-3-7(2)4-5-8-10(14)12(16)11(15)9(6-13)17-8/h7-16H,3-6H2,1-2H3/t7?,8-,9+,10-,11+,12+/m0/s1. The molecule has 1 aliphatic heterocycles. The van der Waals surface area contributed by atoms with Crippen molar-refractivity contribution >= 4 is 0 Å². The van der Waals surface area contributed by atoms with Crippen molar-refractivity contribution in [1.29, 1.82) is 0 Å². The lowest BCUT2D eigenvalue weighted by atomic mass is 9.90. The van der Waals surface area contributed by atoms with Gasteiger partial charge in [0.15, 0.2) is 0 Å². The van der Waals surface area contributed by atoms with Gasteiger partial charge in [-0.15, -0.1) is 0 Å². The normalized spacial score (nSPS) is 40.2. The van der Waals surface area contributed by atoms with Gasteiger partial charge in [0.25, 0.3) is 0 Å². The fourth-order valence-electron chi connectivity index (χ4n) is 2.07. The Labute approximate surface area is 102 Å². The van der Waals surface area contributed by atoms with E-state index >= 15 is 0 Å². The summed E-state index contributed by atoms with van der Waals surface area (Å²) in [5, 5.41) is 38.0. The van der Waals surface area contributed by atoms with Crippen LogP contribution in [0, 0.1) is 5.92 Å². The molecule has 0 saturated carbocycles. The zero-order valence-electron chi connectivity index (χ0n) is 10.5. The zero-order valence-corrected chi connectivity index (χ0v) is 10.5. The number of aliphatic hydroxyl groups is 4. The molecule has 0 bridgehead atoms. The summed E-state index contributed by atoms with van der Waals surface area (Å²) >= 11 is 0. The van der Waals surface area contributed by atoms with E-state index in [9.17, 15) is 15.3 Å². The van der Waals surface area contributed by atoms with Crippen LogP contribution in [0.15, 0.2) is 0 Å². The summed E-state index contributed by atoms with van der Waals surface area (Å²) in [5.74, 6) is 0.530. The molecule has 1 rings (SSSR count). The highest BCUT2D eigenvalue weighted by Gasteiger charge is 2.42. The molecule has 0 amide bonds. The number of ether oxygens (including phenoxy) is 1. The van der Waals surface area contributed by atoms with Gasteiger partial charge >= 0.3 is 0 Å². The Morgan fingerprint density at radius 3 is 2.18 bits per heavy atom. The van der Waals surface area contributed by atoms with Crippen LogP contribution in [0.25, 0.3) is 0 Å². The third kappa shape index (κ3) is 3.63. The van der Waals surface area contributed by atoms with Crippen LogP contribution in [0.1, 0.15) is 33.1 Å². The molecule has 17 heavy (non-hydrogen) atoms. The summed E-state index contributed by atoms with van der Waals surface area (Å²) < 4.78 is 5.42. The molecular formula is C12H24O5. The molecule has 1 unspecified atom stereocenters. The highest BCUT2D eigenvalue weighted by molar-refractivity contribution is 4.91. The van der Waals surface area contributed by atoms with Gasteiger partial charge in [0.1, 0.15) is 24.4 Å². The van der Waals surface area contributed by atoms with Gasteiger partial charge in [-0.3, -0.25) is 0 Å². The third-order valence-electron chi connectivity index (χ3n) is 3.63. The quantitative estimate of drug-likeness (QED) is 0.534. The third-order valence-corrected chi connectivity index (χ3v) is 3.63. The van der Waals surface area contributed by atoms with Gasteiger partial charge < -0.3 is 25.2 Å². The molecule has 5 nitrogen and oxygen atoms in total. The zero-order chi connectivity index (χ0) is 13.0. The number of rotatable bonds is 5. The number of hydrogen-bond donors (Lipinski definition) is 4. The minimum atomic E-state index is -1.25. The van der Waals surface area contributed by atoms with E-state index < -0.39 is 30.5 Å². The Hall–Kier alpha value is -0.200. The van der Waals surface area contributed by atoms with Crippen LogP contribution in [0.3, 0.4) is 0 Å². The van der Waals surface area contributed by atoms with Gasteiger partial charge in [-0.1, -0.05) is 20.3 Å². The van der Waals surface area contributed by atoms with E-state index in [0.717, 1.165) is 12.8 Å². The first-order chi connectivity index (χ1) is 8.01. The first-order valence-electron chi connectivity index (χ1n) is 6.31. The molecule has 6 atom stereocenters. The largest absolute Gasteiger partial charge is 0.394 e. The summed E-state index contributed by atoms with van der Waals surface area (Å²) in [6, 6.07) is 0. The highest BCUT2D eigenvalue weighted by atomic mass is 16.5. The van der Waals surface area contributed by atoms with Gasteiger partial charge in [-0.2, -0.15) is 0 Å². The molecule has 4 N–H and O–H groups in total. The van der Waals surface area contributed by atoms with Crippen LogP contribution in [-0.4, -0.2) is 57.6 Å². The SMILES string of the molecule is CCC(C)CC[C@@H]1O[C@H](CO)[C@@H](O)[C@H](O)[C@H]1O. The molecular weight excluding hydrogens is 224 g/mol. The van der Waals surface area contributed by atoms with E-state index in [2.05, 4.69) is 13.8 Å². The van der Waals surface area contributed by atoms with Crippen molar-refractivity contribution in [2.75, 3.05) is 6.61 Å². The first kappa shape index (κ1) is 14.9. The molecule has 1 saturated heterocycles. The molecule has 0 aromatic heterocycles. The van der Waals surface area contributed by atoms with Gasteiger partial charge in [-0.25, -0.2) is 0 Å². The van der Waals surface area contributed by atoms with E-state index in [1.165, 1.54) is 0 Å². The molecule has 0 aromatic rings. The summed E-state index contributed by atoms with van der Waals surface area (Å²) in [4.78, 5) is 0. The van der Waals surface area contributed by atoms with Gasteiger partial charge in [0.05, 0.1) is 12.7 Å². The van der Waals surface area contributed by atoms with Crippen molar-refractivity contribution in [3.63, 3.8) is 0 Å².